The monoisotopic (exact) mass is 479 g/mol. The number of aryl methyl sites for hydroxylation is 1. The van der Waals surface area contributed by atoms with Gasteiger partial charge in [-0.3, -0.25) is 0 Å². The molecule has 0 aromatic heterocycles. The predicted molar refractivity (Wildman–Crippen MR) is 125 cm³/mol. The zero-order chi connectivity index (χ0) is 19.9. The normalized spacial score (nSPS) is 13.0. The summed E-state index contributed by atoms with van der Waals surface area (Å²) in [4.78, 5) is 0. The molecule has 0 spiro atoms. The average Bonchev–Trinajstić information content (AvgIpc) is 2.71. The Kier molecular flexibility index (Phi) is 8.62. The molecular formula is C24H34INO. The van der Waals surface area contributed by atoms with Gasteiger partial charge in [0, 0.05) is 28.4 Å². The standard InChI is InChI=1S/C24H34INO/c1-6-9-17-24(7-2,8-3)26(25)23(20-13-11-10-12-14-20)22-18-21(27-5)16-15-19(22)4/h10-16,18,23H,6-9,17H2,1-5H3/t23-/m1/s1. The van der Waals surface area contributed by atoms with Crippen LogP contribution < -0.4 is 4.74 Å². The van der Waals surface area contributed by atoms with Gasteiger partial charge in [0.05, 0.1) is 13.2 Å². The van der Waals surface area contributed by atoms with Crippen molar-refractivity contribution < 1.29 is 4.74 Å². The van der Waals surface area contributed by atoms with Crippen LogP contribution in [0.5, 0.6) is 5.75 Å². The van der Waals surface area contributed by atoms with E-state index < -0.39 is 0 Å². The molecule has 0 aliphatic rings. The summed E-state index contributed by atoms with van der Waals surface area (Å²) in [6.45, 7) is 9.17. The molecule has 0 N–H and O–H groups in total. The molecule has 0 aliphatic heterocycles. The summed E-state index contributed by atoms with van der Waals surface area (Å²) >= 11 is 2.60. The van der Waals surface area contributed by atoms with Gasteiger partial charge in [0.2, 0.25) is 0 Å². The van der Waals surface area contributed by atoms with Crippen molar-refractivity contribution >= 4 is 22.9 Å². The quantitative estimate of drug-likeness (QED) is 0.259. The predicted octanol–water partition coefficient (Wildman–Crippen LogP) is 7.49. The Hall–Kier alpha value is -1.07. The van der Waals surface area contributed by atoms with Crippen molar-refractivity contribution in [3.05, 3.63) is 65.2 Å². The Morgan fingerprint density at radius 1 is 1.04 bits per heavy atom. The van der Waals surface area contributed by atoms with E-state index in [1.54, 1.807) is 7.11 Å². The fourth-order valence-electron chi connectivity index (χ4n) is 3.90. The molecule has 0 fully saturated rings. The highest BCUT2D eigenvalue weighted by Gasteiger charge is 2.38. The third kappa shape index (κ3) is 5.05. The number of methoxy groups -OCH3 is 1. The summed E-state index contributed by atoms with van der Waals surface area (Å²) in [6.07, 6.45) is 6.03. The van der Waals surface area contributed by atoms with Crippen LogP contribution in [-0.4, -0.2) is 15.8 Å². The van der Waals surface area contributed by atoms with Gasteiger partial charge in [0.1, 0.15) is 5.75 Å². The van der Waals surface area contributed by atoms with Crippen LogP contribution >= 0.6 is 22.9 Å². The maximum atomic E-state index is 5.56. The maximum absolute atomic E-state index is 5.56. The van der Waals surface area contributed by atoms with Gasteiger partial charge in [-0.2, -0.15) is 0 Å². The van der Waals surface area contributed by atoms with E-state index in [-0.39, 0.29) is 11.6 Å². The highest BCUT2D eigenvalue weighted by molar-refractivity contribution is 14.1. The zero-order valence-electron chi connectivity index (χ0n) is 17.5. The molecule has 3 heteroatoms. The molecular weight excluding hydrogens is 445 g/mol. The Morgan fingerprint density at radius 2 is 1.70 bits per heavy atom. The minimum Gasteiger partial charge on any atom is -0.497 e. The van der Waals surface area contributed by atoms with E-state index in [2.05, 4.69) is 102 Å². The van der Waals surface area contributed by atoms with Gasteiger partial charge in [-0.15, -0.1) is 0 Å². The topological polar surface area (TPSA) is 12.5 Å². The minimum atomic E-state index is 0.187. The van der Waals surface area contributed by atoms with Crippen LogP contribution in [0.2, 0.25) is 0 Å². The molecule has 2 rings (SSSR count). The lowest BCUT2D eigenvalue weighted by atomic mass is 9.83. The molecule has 148 valence electrons. The van der Waals surface area contributed by atoms with Crippen molar-refractivity contribution in [2.45, 2.75) is 71.4 Å². The highest BCUT2D eigenvalue weighted by atomic mass is 127. The number of hydrogen-bond donors (Lipinski definition) is 0. The molecule has 2 nitrogen and oxygen atoms in total. The third-order valence-electron chi connectivity index (χ3n) is 5.89. The average molecular weight is 479 g/mol. The molecule has 2 aromatic rings. The van der Waals surface area contributed by atoms with E-state index >= 15 is 0 Å². The van der Waals surface area contributed by atoms with Crippen molar-refractivity contribution in [3.63, 3.8) is 0 Å². The molecule has 0 saturated heterocycles. The number of nitrogens with zero attached hydrogens (tertiary/aromatic N) is 1. The number of halogens is 1. The molecule has 0 aliphatic carbocycles. The Labute approximate surface area is 179 Å². The van der Waals surface area contributed by atoms with Crippen molar-refractivity contribution in [1.82, 2.24) is 3.11 Å². The van der Waals surface area contributed by atoms with E-state index in [0.29, 0.717) is 0 Å². The van der Waals surface area contributed by atoms with Crippen molar-refractivity contribution in [2.75, 3.05) is 7.11 Å². The van der Waals surface area contributed by atoms with Gasteiger partial charge in [0.15, 0.2) is 0 Å². The van der Waals surface area contributed by atoms with Crippen LogP contribution in [-0.2, 0) is 0 Å². The molecule has 0 bridgehead atoms. The summed E-state index contributed by atoms with van der Waals surface area (Å²) in [5, 5.41) is 0. The van der Waals surface area contributed by atoms with E-state index in [0.717, 1.165) is 18.6 Å². The third-order valence-corrected chi connectivity index (χ3v) is 7.47. The summed E-state index contributed by atoms with van der Waals surface area (Å²) < 4.78 is 8.17. The van der Waals surface area contributed by atoms with Crippen LogP contribution in [0, 0.1) is 6.92 Å². The first-order valence-corrected chi connectivity index (χ1v) is 11.1. The molecule has 0 saturated carbocycles. The Bertz CT molecular complexity index is 697. The van der Waals surface area contributed by atoms with Gasteiger partial charge in [-0.1, -0.05) is 70.0 Å². The van der Waals surface area contributed by atoms with Crippen molar-refractivity contribution in [1.29, 1.82) is 0 Å². The molecule has 1 atom stereocenters. The fourth-order valence-corrected chi connectivity index (χ4v) is 5.45. The smallest absolute Gasteiger partial charge is 0.119 e. The van der Waals surface area contributed by atoms with Gasteiger partial charge in [0.25, 0.3) is 0 Å². The Balaban J connectivity index is 2.59. The number of rotatable bonds is 10. The number of unbranched alkanes of at least 4 members (excludes halogenated alkanes) is 1. The lowest BCUT2D eigenvalue weighted by Crippen LogP contribution is -2.44. The number of benzene rings is 2. The molecule has 0 heterocycles. The first-order chi connectivity index (χ1) is 13.0. The zero-order valence-corrected chi connectivity index (χ0v) is 19.6. The highest BCUT2D eigenvalue weighted by Crippen LogP contribution is 2.44. The molecule has 0 radical (unpaired) electrons. The van der Waals surface area contributed by atoms with E-state index in [9.17, 15) is 0 Å². The van der Waals surface area contributed by atoms with Crippen LogP contribution in [0.1, 0.15) is 75.6 Å². The Morgan fingerprint density at radius 3 is 2.26 bits per heavy atom. The largest absolute Gasteiger partial charge is 0.497 e. The van der Waals surface area contributed by atoms with Gasteiger partial charge in [-0.25, -0.2) is 3.11 Å². The van der Waals surface area contributed by atoms with E-state index in [1.165, 1.54) is 36.0 Å². The minimum absolute atomic E-state index is 0.187. The van der Waals surface area contributed by atoms with E-state index in [4.69, 9.17) is 4.74 Å². The molecule has 2 aromatic carbocycles. The van der Waals surface area contributed by atoms with Gasteiger partial charge in [-0.05, 0) is 55.0 Å². The van der Waals surface area contributed by atoms with Gasteiger partial charge >= 0.3 is 0 Å². The summed E-state index contributed by atoms with van der Waals surface area (Å²) in [5.74, 6) is 0.925. The van der Waals surface area contributed by atoms with Crippen LogP contribution in [0.25, 0.3) is 0 Å². The van der Waals surface area contributed by atoms with Crippen LogP contribution in [0.3, 0.4) is 0 Å². The van der Waals surface area contributed by atoms with Crippen LogP contribution in [0.4, 0.5) is 0 Å². The molecule has 0 unspecified atom stereocenters. The molecule has 0 amide bonds. The first-order valence-electron chi connectivity index (χ1n) is 10.2. The fraction of sp³-hybridized carbons (Fsp3) is 0.500. The number of ether oxygens (including phenoxy) is 1. The van der Waals surface area contributed by atoms with E-state index in [1.807, 2.05) is 0 Å². The summed E-state index contributed by atoms with van der Waals surface area (Å²) in [5.41, 5.74) is 4.17. The van der Waals surface area contributed by atoms with Gasteiger partial charge < -0.3 is 4.74 Å². The van der Waals surface area contributed by atoms with Crippen LogP contribution in [0.15, 0.2) is 48.5 Å². The molecule has 27 heavy (non-hydrogen) atoms. The second-order valence-corrected chi connectivity index (χ2v) is 8.42. The van der Waals surface area contributed by atoms with Crippen molar-refractivity contribution in [3.8, 4) is 5.75 Å². The second kappa shape index (κ2) is 10.5. The second-order valence-electron chi connectivity index (χ2n) is 7.38. The lowest BCUT2D eigenvalue weighted by molar-refractivity contribution is 0.160. The maximum Gasteiger partial charge on any atom is 0.119 e. The summed E-state index contributed by atoms with van der Waals surface area (Å²) in [7, 11) is 1.75. The number of hydrogen-bond acceptors (Lipinski definition) is 2. The summed E-state index contributed by atoms with van der Waals surface area (Å²) in [6, 6.07) is 17.6. The van der Waals surface area contributed by atoms with Crippen molar-refractivity contribution in [2.24, 2.45) is 0 Å². The first kappa shape index (κ1) is 22.2. The lowest BCUT2D eigenvalue weighted by Gasteiger charge is -2.44. The SMILES string of the molecule is CCCCC(CC)(CC)N(I)[C@H](c1ccccc1)c1cc(OC)ccc1C.